The number of carbonyl (C=O) groups is 2. The summed E-state index contributed by atoms with van der Waals surface area (Å²) in [5.41, 5.74) is 3.29. The number of hydrogen-bond acceptors (Lipinski definition) is 4. The van der Waals surface area contributed by atoms with E-state index in [-0.39, 0.29) is 35.9 Å². The number of nitrogens with zero attached hydrogens (tertiary/aromatic N) is 1. The number of carbonyl (C=O) groups excluding carboxylic acids is 2. The van der Waals surface area contributed by atoms with Crippen molar-refractivity contribution in [1.82, 2.24) is 4.90 Å². The van der Waals surface area contributed by atoms with Crippen LogP contribution in [-0.4, -0.2) is 34.8 Å². The molecule has 1 fully saturated rings. The Hall–Kier alpha value is -3.96. The second kappa shape index (κ2) is 8.12. The molecule has 2 aliphatic heterocycles. The fourth-order valence-electron chi connectivity index (χ4n) is 4.85. The van der Waals surface area contributed by atoms with Gasteiger partial charge in [0.15, 0.2) is 0 Å². The highest BCUT2D eigenvalue weighted by molar-refractivity contribution is 6.11. The summed E-state index contributed by atoms with van der Waals surface area (Å²) < 4.78 is 11.9. The molecule has 5 nitrogen and oxygen atoms in total. The van der Waals surface area contributed by atoms with Gasteiger partial charge < -0.3 is 9.15 Å². The highest BCUT2D eigenvalue weighted by Crippen LogP contribution is 2.44. The highest BCUT2D eigenvalue weighted by atomic mass is 16.6. The van der Waals surface area contributed by atoms with Crippen molar-refractivity contribution in [3.05, 3.63) is 108 Å². The molecule has 4 unspecified atom stereocenters. The van der Waals surface area contributed by atoms with Crippen LogP contribution in [0.5, 0.6) is 0 Å². The molecule has 1 amide bonds. The molecule has 3 heterocycles. The van der Waals surface area contributed by atoms with E-state index in [9.17, 15) is 9.59 Å². The number of amides is 1. The Morgan fingerprint density at radius 3 is 2.29 bits per heavy atom. The van der Waals surface area contributed by atoms with Gasteiger partial charge in [-0.2, -0.15) is 0 Å². The number of Topliss-reactive ketones (excluding diaryl/α,β-unsaturated/α-hetero) is 1. The van der Waals surface area contributed by atoms with Gasteiger partial charge in [0, 0.05) is 11.1 Å². The molecular formula is C29H23NO4. The largest absolute Gasteiger partial charge is 0.457 e. The molecule has 0 radical (unpaired) electrons. The molecule has 168 valence electrons. The van der Waals surface area contributed by atoms with E-state index in [1.807, 2.05) is 91.0 Å². The second-order valence-corrected chi connectivity index (χ2v) is 8.82. The molecule has 0 saturated carbocycles. The van der Waals surface area contributed by atoms with Crippen LogP contribution in [0.2, 0.25) is 0 Å². The Balaban J connectivity index is 1.36. The van der Waals surface area contributed by atoms with Gasteiger partial charge in [-0.05, 0) is 36.8 Å². The minimum absolute atomic E-state index is 0.0846. The third-order valence-electron chi connectivity index (χ3n) is 6.61. The second-order valence-electron chi connectivity index (χ2n) is 8.82. The van der Waals surface area contributed by atoms with Crippen LogP contribution in [0.25, 0.3) is 23.1 Å². The third-order valence-corrected chi connectivity index (χ3v) is 6.61. The number of ether oxygens (including phenoxy) is 1. The van der Waals surface area contributed by atoms with Crippen molar-refractivity contribution in [3.8, 4) is 11.3 Å². The van der Waals surface area contributed by atoms with Gasteiger partial charge in [-0.25, -0.2) is 0 Å². The predicted molar refractivity (Wildman–Crippen MR) is 129 cm³/mol. The number of rotatable bonds is 5. The summed E-state index contributed by atoms with van der Waals surface area (Å²) in [6.45, 7) is 1.58. The summed E-state index contributed by atoms with van der Waals surface area (Å²) in [6, 6.07) is 23.2. The summed E-state index contributed by atoms with van der Waals surface area (Å²) in [6.07, 6.45) is 7.18. The Labute approximate surface area is 197 Å². The molecule has 6 rings (SSSR count). The van der Waals surface area contributed by atoms with E-state index >= 15 is 0 Å². The normalized spacial score (nSPS) is 26.5. The fraction of sp³-hybridized carbons (Fsp3) is 0.172. The summed E-state index contributed by atoms with van der Waals surface area (Å²) in [7, 11) is 0. The van der Waals surface area contributed by atoms with Crippen LogP contribution in [0, 0.1) is 5.92 Å². The Morgan fingerprint density at radius 2 is 1.59 bits per heavy atom. The van der Waals surface area contributed by atoms with Crippen molar-refractivity contribution in [2.75, 3.05) is 0 Å². The van der Waals surface area contributed by atoms with Crippen molar-refractivity contribution in [3.63, 3.8) is 0 Å². The number of hydrogen-bond donors (Lipinski definition) is 0. The van der Waals surface area contributed by atoms with E-state index in [1.165, 1.54) is 0 Å². The average molecular weight is 450 g/mol. The highest BCUT2D eigenvalue weighted by Gasteiger charge is 2.55. The van der Waals surface area contributed by atoms with Crippen LogP contribution in [0.15, 0.2) is 101 Å². The summed E-state index contributed by atoms with van der Waals surface area (Å²) in [4.78, 5) is 27.4. The van der Waals surface area contributed by atoms with Gasteiger partial charge in [0.05, 0.1) is 23.8 Å². The van der Waals surface area contributed by atoms with Crippen molar-refractivity contribution < 1.29 is 18.7 Å². The maximum absolute atomic E-state index is 13.7. The maximum atomic E-state index is 13.7. The molecule has 1 aliphatic carbocycles. The zero-order valence-corrected chi connectivity index (χ0v) is 18.6. The molecule has 3 aliphatic rings. The van der Waals surface area contributed by atoms with Gasteiger partial charge in [0.1, 0.15) is 23.4 Å². The third kappa shape index (κ3) is 3.55. The van der Waals surface area contributed by atoms with Crippen molar-refractivity contribution in [1.29, 1.82) is 0 Å². The van der Waals surface area contributed by atoms with Crippen molar-refractivity contribution in [2.45, 2.75) is 25.2 Å². The fourth-order valence-corrected chi connectivity index (χ4v) is 4.85. The van der Waals surface area contributed by atoms with Crippen molar-refractivity contribution >= 4 is 23.5 Å². The average Bonchev–Trinajstić information content (AvgIpc) is 3.42. The molecule has 0 N–H and O–H groups in total. The standard InChI is InChI=1S/C29H23NO4/c1-18(31)23-13-14-24(28-27(23)34-28)30-25(19-8-4-2-5-9-19)17-21(29(30)32)16-22-12-15-26(33-22)20-10-6-3-7-11-20/h2-17,23-24,27-28H,1H3/b21-16+. The molecule has 0 spiro atoms. The Kier molecular flexibility index (Phi) is 4.93. The first-order valence-electron chi connectivity index (χ1n) is 11.4. The minimum Gasteiger partial charge on any atom is -0.457 e. The maximum Gasteiger partial charge on any atom is 0.259 e. The lowest BCUT2D eigenvalue weighted by Gasteiger charge is -2.29. The quantitative estimate of drug-likeness (QED) is 0.308. The van der Waals surface area contributed by atoms with E-state index in [2.05, 4.69) is 0 Å². The molecular weight excluding hydrogens is 426 g/mol. The van der Waals surface area contributed by atoms with Gasteiger partial charge >= 0.3 is 0 Å². The number of fused-ring (bicyclic) bond motifs is 1. The van der Waals surface area contributed by atoms with Gasteiger partial charge in [-0.1, -0.05) is 72.8 Å². The first-order valence-corrected chi connectivity index (χ1v) is 11.4. The van der Waals surface area contributed by atoms with Crippen LogP contribution in [0.1, 0.15) is 18.2 Å². The molecule has 1 saturated heterocycles. The lowest BCUT2D eigenvalue weighted by atomic mass is 9.89. The number of furan rings is 1. The predicted octanol–water partition coefficient (Wildman–Crippen LogP) is 5.12. The van der Waals surface area contributed by atoms with E-state index < -0.39 is 0 Å². The monoisotopic (exact) mass is 449 g/mol. The van der Waals surface area contributed by atoms with Crippen LogP contribution in [-0.2, 0) is 14.3 Å². The van der Waals surface area contributed by atoms with E-state index in [0.29, 0.717) is 11.3 Å². The van der Waals surface area contributed by atoms with Crippen LogP contribution < -0.4 is 0 Å². The zero-order chi connectivity index (χ0) is 23.2. The van der Waals surface area contributed by atoms with E-state index in [4.69, 9.17) is 9.15 Å². The SMILES string of the molecule is CC(=O)C1C=CC(N2C(=O)/C(=C/c3ccc(-c4ccccc4)o3)C=C2c2ccccc2)C2OC12. The van der Waals surface area contributed by atoms with Crippen LogP contribution in [0.4, 0.5) is 0 Å². The van der Waals surface area contributed by atoms with E-state index in [0.717, 1.165) is 22.6 Å². The minimum atomic E-state index is -0.262. The van der Waals surface area contributed by atoms with Gasteiger partial charge in [0.2, 0.25) is 0 Å². The lowest BCUT2D eigenvalue weighted by Crippen LogP contribution is -2.42. The molecule has 34 heavy (non-hydrogen) atoms. The molecule has 4 atom stereocenters. The molecule has 1 aromatic heterocycles. The first-order chi connectivity index (χ1) is 16.6. The van der Waals surface area contributed by atoms with E-state index in [1.54, 1.807) is 17.9 Å². The van der Waals surface area contributed by atoms with Crippen molar-refractivity contribution in [2.24, 2.45) is 5.92 Å². The molecule has 3 aromatic rings. The number of epoxide rings is 1. The smallest absolute Gasteiger partial charge is 0.259 e. The first kappa shape index (κ1) is 20.6. The van der Waals surface area contributed by atoms with Gasteiger partial charge in [0.25, 0.3) is 5.91 Å². The molecule has 5 heteroatoms. The molecule has 2 aromatic carbocycles. The van der Waals surface area contributed by atoms with Gasteiger partial charge in [-0.3, -0.25) is 14.5 Å². The van der Waals surface area contributed by atoms with Crippen LogP contribution >= 0.6 is 0 Å². The topological polar surface area (TPSA) is 63.1 Å². The number of benzene rings is 2. The lowest BCUT2D eigenvalue weighted by molar-refractivity contribution is -0.124. The molecule has 0 bridgehead atoms. The summed E-state index contributed by atoms with van der Waals surface area (Å²) >= 11 is 0. The Bertz CT molecular complexity index is 1350. The summed E-state index contributed by atoms with van der Waals surface area (Å²) in [5, 5.41) is 0. The number of ketones is 1. The summed E-state index contributed by atoms with van der Waals surface area (Å²) in [5.74, 6) is 1.10. The van der Waals surface area contributed by atoms with Crippen LogP contribution in [0.3, 0.4) is 0 Å². The van der Waals surface area contributed by atoms with Gasteiger partial charge in [-0.15, -0.1) is 0 Å². The Morgan fingerprint density at radius 1 is 0.882 bits per heavy atom. The zero-order valence-electron chi connectivity index (χ0n) is 18.6.